The average molecular weight is 540 g/mol. The molecule has 1 atom stereocenters. The fraction of sp³-hybridized carbons (Fsp3) is 0.379. The Morgan fingerprint density at radius 2 is 1.80 bits per heavy atom. The minimum atomic E-state index is -0.962. The Bertz CT molecular complexity index is 1520. The Labute approximate surface area is 230 Å². The normalized spacial score (nSPS) is 24.0. The molecule has 2 saturated carbocycles. The van der Waals surface area contributed by atoms with Crippen LogP contribution in [0.5, 0.6) is 0 Å². The van der Waals surface area contributed by atoms with Crippen molar-refractivity contribution in [2.24, 2.45) is 5.92 Å². The third-order valence-electron chi connectivity index (χ3n) is 8.27. The molecule has 40 heavy (non-hydrogen) atoms. The van der Waals surface area contributed by atoms with Crippen molar-refractivity contribution < 1.29 is 19.2 Å². The summed E-state index contributed by atoms with van der Waals surface area (Å²) in [6, 6.07) is 10.3. The zero-order valence-corrected chi connectivity index (χ0v) is 21.8. The number of fused-ring (bicyclic) bond motifs is 1. The molecule has 1 unspecified atom stereocenters. The second kappa shape index (κ2) is 9.58. The van der Waals surface area contributed by atoms with Gasteiger partial charge in [0.2, 0.25) is 11.8 Å². The maximum Gasteiger partial charge on any atom is 0.262 e. The number of imide groups is 2. The van der Waals surface area contributed by atoms with Crippen LogP contribution in [0.4, 0.5) is 17.2 Å². The molecular weight excluding hydrogens is 510 g/mol. The van der Waals surface area contributed by atoms with Gasteiger partial charge >= 0.3 is 0 Å². The van der Waals surface area contributed by atoms with Crippen LogP contribution in [-0.4, -0.2) is 55.9 Å². The lowest BCUT2D eigenvalue weighted by Crippen LogP contribution is -2.54. The van der Waals surface area contributed by atoms with E-state index in [-0.39, 0.29) is 29.9 Å². The van der Waals surface area contributed by atoms with Gasteiger partial charge in [0.15, 0.2) is 0 Å². The van der Waals surface area contributed by atoms with Crippen LogP contribution in [0, 0.1) is 5.92 Å². The topological polar surface area (TPSA) is 138 Å². The largest absolute Gasteiger partial charge is 0.385 e. The molecule has 11 heteroatoms. The summed E-state index contributed by atoms with van der Waals surface area (Å²) in [4.78, 5) is 55.1. The number of nitrogens with zero attached hydrogens (tertiary/aromatic N) is 4. The average Bonchev–Trinajstić information content (AvgIpc) is 3.64. The lowest BCUT2D eigenvalue weighted by Gasteiger charge is -2.35. The van der Waals surface area contributed by atoms with Gasteiger partial charge in [-0.05, 0) is 68.4 Å². The molecule has 0 radical (unpaired) electrons. The summed E-state index contributed by atoms with van der Waals surface area (Å²) in [5.41, 5.74) is 3.47. The predicted molar refractivity (Wildman–Crippen MR) is 145 cm³/mol. The number of hydrogen-bond acceptors (Lipinski definition) is 8. The van der Waals surface area contributed by atoms with Crippen LogP contribution >= 0.6 is 0 Å². The van der Waals surface area contributed by atoms with Gasteiger partial charge < -0.3 is 10.6 Å². The number of nitrogens with one attached hydrogen (secondary N) is 3. The second-order valence-electron chi connectivity index (χ2n) is 11.1. The number of pyridine rings is 1. The van der Waals surface area contributed by atoms with Gasteiger partial charge in [0.05, 0.1) is 28.6 Å². The van der Waals surface area contributed by atoms with Crippen LogP contribution in [0.2, 0.25) is 0 Å². The smallest absolute Gasteiger partial charge is 0.262 e. The molecule has 0 bridgehead atoms. The van der Waals surface area contributed by atoms with Gasteiger partial charge in [0.25, 0.3) is 11.8 Å². The summed E-state index contributed by atoms with van der Waals surface area (Å²) in [5.74, 6) is -0.201. The highest BCUT2D eigenvalue weighted by molar-refractivity contribution is 6.23. The highest BCUT2D eigenvalue weighted by atomic mass is 16.2. The number of amides is 4. The quantitative estimate of drug-likeness (QED) is 0.371. The molecule has 3 aromatic rings. The highest BCUT2D eigenvalue weighted by Gasteiger charge is 2.44. The Balaban J connectivity index is 0.969. The monoisotopic (exact) mass is 539 g/mol. The first-order chi connectivity index (χ1) is 19.4. The number of piperidine rings is 1. The molecule has 4 aliphatic rings. The van der Waals surface area contributed by atoms with Crippen molar-refractivity contribution in [3.63, 3.8) is 0 Å². The fourth-order valence-electron chi connectivity index (χ4n) is 5.85. The number of benzene rings is 1. The van der Waals surface area contributed by atoms with Gasteiger partial charge in [0.1, 0.15) is 11.9 Å². The van der Waals surface area contributed by atoms with Gasteiger partial charge in [-0.15, -0.1) is 0 Å². The van der Waals surface area contributed by atoms with Gasteiger partial charge in [-0.25, -0.2) is 4.98 Å². The molecule has 3 N–H and O–H groups in total. The van der Waals surface area contributed by atoms with E-state index in [1.165, 1.54) is 12.8 Å². The van der Waals surface area contributed by atoms with Crippen LogP contribution in [0.1, 0.15) is 76.9 Å². The molecule has 0 spiro atoms. The van der Waals surface area contributed by atoms with Gasteiger partial charge in [-0.1, -0.05) is 6.07 Å². The number of rotatable bonds is 8. The molecule has 1 saturated heterocycles. The number of aromatic nitrogens is 3. The van der Waals surface area contributed by atoms with E-state index in [1.54, 1.807) is 24.4 Å². The molecule has 3 fully saturated rings. The third-order valence-corrected chi connectivity index (χ3v) is 8.27. The molecule has 2 aromatic heterocycles. The van der Waals surface area contributed by atoms with Crippen molar-refractivity contribution in [3.05, 3.63) is 65.6 Å². The molecule has 4 amide bonds. The number of anilines is 3. The number of hydrogen-bond donors (Lipinski definition) is 3. The minimum Gasteiger partial charge on any atom is -0.385 e. The van der Waals surface area contributed by atoms with Gasteiger partial charge in [-0.2, -0.15) is 5.10 Å². The van der Waals surface area contributed by atoms with E-state index in [9.17, 15) is 19.2 Å². The predicted octanol–water partition coefficient (Wildman–Crippen LogP) is 3.36. The van der Waals surface area contributed by atoms with Crippen LogP contribution in [0.15, 0.2) is 48.8 Å². The summed E-state index contributed by atoms with van der Waals surface area (Å²) >= 11 is 0. The molecule has 2 aliphatic carbocycles. The standard InChI is InChI=1S/C29H29N7O4/c37-25-9-8-23(27(38)33-25)36-28(39)20-7-6-18(13-21(20)29(36)40)31-14-16-11-19(12-16)35-15-22(26(34-35)17-4-5-17)32-24-3-1-2-10-30-24/h1-3,6-7,10,13,15-17,19,23,31H,4-5,8-9,11-12,14H2,(H,30,32)(H,33,37,38). The molecule has 204 valence electrons. The fourth-order valence-corrected chi connectivity index (χ4v) is 5.85. The van der Waals surface area contributed by atoms with Crippen molar-refractivity contribution in [3.8, 4) is 0 Å². The Kier molecular flexibility index (Phi) is 5.87. The highest BCUT2D eigenvalue weighted by Crippen LogP contribution is 2.45. The van der Waals surface area contributed by atoms with Crippen LogP contribution in [0.25, 0.3) is 0 Å². The van der Waals surface area contributed by atoms with E-state index in [2.05, 4.69) is 31.8 Å². The van der Waals surface area contributed by atoms with Crippen LogP contribution < -0.4 is 16.0 Å². The minimum absolute atomic E-state index is 0.0987. The van der Waals surface area contributed by atoms with Crippen molar-refractivity contribution in [1.82, 2.24) is 25.0 Å². The summed E-state index contributed by atoms with van der Waals surface area (Å²) < 4.78 is 2.10. The van der Waals surface area contributed by atoms with Gasteiger partial charge in [0, 0.05) is 37.0 Å². The summed E-state index contributed by atoms with van der Waals surface area (Å²) in [6.45, 7) is 0.740. The number of carbonyl (C=O) groups excluding carboxylic acids is 4. The SMILES string of the molecule is O=C1CCC(N2C(=O)c3ccc(NCC4CC(n5cc(Nc6ccccn6)c(C6CC6)n5)C4)cc3C2=O)C(=O)N1. The van der Waals surface area contributed by atoms with E-state index in [4.69, 9.17) is 5.10 Å². The summed E-state index contributed by atoms with van der Waals surface area (Å²) in [5, 5.41) is 14.0. The first kappa shape index (κ1) is 24.5. The van der Waals surface area contributed by atoms with E-state index in [0.717, 1.165) is 47.2 Å². The Hall–Kier alpha value is -4.54. The third kappa shape index (κ3) is 4.41. The lowest BCUT2D eigenvalue weighted by molar-refractivity contribution is -0.136. The maximum absolute atomic E-state index is 13.1. The van der Waals surface area contributed by atoms with Crippen LogP contribution in [0.3, 0.4) is 0 Å². The maximum atomic E-state index is 13.1. The zero-order valence-electron chi connectivity index (χ0n) is 21.8. The van der Waals surface area contributed by atoms with Crippen molar-refractivity contribution in [2.75, 3.05) is 17.2 Å². The molecular formula is C29H29N7O4. The van der Waals surface area contributed by atoms with E-state index >= 15 is 0 Å². The van der Waals surface area contributed by atoms with Crippen molar-refractivity contribution in [1.29, 1.82) is 0 Å². The molecule has 7 rings (SSSR count). The Morgan fingerprint density at radius 3 is 2.55 bits per heavy atom. The van der Waals surface area contributed by atoms with Crippen molar-refractivity contribution >= 4 is 40.8 Å². The Morgan fingerprint density at radius 1 is 0.975 bits per heavy atom. The zero-order chi connectivity index (χ0) is 27.4. The molecule has 2 aliphatic heterocycles. The molecule has 11 nitrogen and oxygen atoms in total. The first-order valence-electron chi connectivity index (χ1n) is 13.8. The summed E-state index contributed by atoms with van der Waals surface area (Å²) in [7, 11) is 0. The number of carbonyl (C=O) groups is 4. The molecule has 4 heterocycles. The van der Waals surface area contributed by atoms with Gasteiger partial charge in [-0.3, -0.25) is 34.1 Å². The summed E-state index contributed by atoms with van der Waals surface area (Å²) in [6.07, 6.45) is 8.45. The van der Waals surface area contributed by atoms with E-state index in [0.29, 0.717) is 17.9 Å². The second-order valence-corrected chi connectivity index (χ2v) is 11.1. The van der Waals surface area contributed by atoms with Crippen LogP contribution in [-0.2, 0) is 9.59 Å². The first-order valence-corrected chi connectivity index (χ1v) is 13.8. The van der Waals surface area contributed by atoms with E-state index < -0.39 is 23.8 Å². The van der Waals surface area contributed by atoms with Crippen molar-refractivity contribution in [2.45, 2.75) is 56.5 Å². The lowest BCUT2D eigenvalue weighted by atomic mass is 9.80. The molecule has 1 aromatic carbocycles. The van der Waals surface area contributed by atoms with E-state index in [1.807, 2.05) is 18.2 Å².